The lowest BCUT2D eigenvalue weighted by Crippen LogP contribution is -2.20. The minimum atomic E-state index is -0.278. The number of halogens is 1. The van der Waals surface area contributed by atoms with Crippen LogP contribution in [0.4, 0.5) is 10.1 Å². The molecule has 0 aromatic heterocycles. The summed E-state index contributed by atoms with van der Waals surface area (Å²) >= 11 is 0. The van der Waals surface area contributed by atoms with Gasteiger partial charge >= 0.3 is 0 Å². The molecule has 1 atom stereocenters. The predicted octanol–water partition coefficient (Wildman–Crippen LogP) is 1.91. The van der Waals surface area contributed by atoms with Crippen LogP contribution in [0.2, 0.25) is 0 Å². The Morgan fingerprint density at radius 1 is 1.60 bits per heavy atom. The van der Waals surface area contributed by atoms with Crippen LogP contribution in [0.25, 0.3) is 0 Å². The third-order valence-electron chi connectivity index (χ3n) is 2.22. The average Bonchev–Trinajstić information content (AvgIpc) is 2.17. The van der Waals surface area contributed by atoms with Gasteiger partial charge in [0.05, 0.1) is 6.54 Å². The van der Waals surface area contributed by atoms with Gasteiger partial charge in [0.2, 0.25) is 0 Å². The fourth-order valence-corrected chi connectivity index (χ4v) is 1.46. The smallest absolute Gasteiger partial charge is 0.123 e. The number of terminal acetylenes is 1. The number of nitrogens with two attached hydrogens (primary N) is 1. The van der Waals surface area contributed by atoms with Crippen LogP contribution in [0.1, 0.15) is 18.5 Å². The maximum absolute atomic E-state index is 13.0. The van der Waals surface area contributed by atoms with Crippen LogP contribution in [0.5, 0.6) is 0 Å². The molecule has 1 aromatic rings. The van der Waals surface area contributed by atoms with Gasteiger partial charge in [0.25, 0.3) is 0 Å². The van der Waals surface area contributed by atoms with Gasteiger partial charge in [0.1, 0.15) is 5.82 Å². The molecule has 0 spiro atoms. The third kappa shape index (κ3) is 2.71. The van der Waals surface area contributed by atoms with E-state index in [0.717, 1.165) is 11.3 Å². The summed E-state index contributed by atoms with van der Waals surface area (Å²) in [5, 5.41) is 0. The lowest BCUT2D eigenvalue weighted by molar-refractivity contribution is 0.622. The van der Waals surface area contributed by atoms with Gasteiger partial charge in [-0.05, 0) is 30.7 Å². The van der Waals surface area contributed by atoms with Crippen LogP contribution in [0.15, 0.2) is 18.2 Å². The van der Waals surface area contributed by atoms with E-state index in [4.69, 9.17) is 12.2 Å². The molecule has 1 aromatic carbocycles. The molecule has 0 fully saturated rings. The number of hydrogen-bond acceptors (Lipinski definition) is 2. The maximum Gasteiger partial charge on any atom is 0.123 e. The highest BCUT2D eigenvalue weighted by molar-refractivity contribution is 5.55. The van der Waals surface area contributed by atoms with E-state index < -0.39 is 0 Å². The molecule has 0 saturated heterocycles. The van der Waals surface area contributed by atoms with E-state index in [2.05, 4.69) is 5.92 Å². The van der Waals surface area contributed by atoms with Crippen molar-refractivity contribution in [3.05, 3.63) is 29.6 Å². The monoisotopic (exact) mass is 206 g/mol. The molecule has 0 aliphatic rings. The van der Waals surface area contributed by atoms with Crippen LogP contribution in [0.3, 0.4) is 0 Å². The van der Waals surface area contributed by atoms with Crippen LogP contribution in [0, 0.1) is 18.2 Å². The van der Waals surface area contributed by atoms with E-state index in [1.54, 1.807) is 6.07 Å². The van der Waals surface area contributed by atoms with Crippen molar-refractivity contribution in [2.45, 2.75) is 13.0 Å². The molecule has 0 amide bonds. The summed E-state index contributed by atoms with van der Waals surface area (Å²) in [6.45, 7) is 2.30. The molecule has 0 heterocycles. The van der Waals surface area contributed by atoms with Gasteiger partial charge in [-0.2, -0.15) is 0 Å². The first kappa shape index (κ1) is 11.5. The lowest BCUT2D eigenvalue weighted by atomic mass is 10.1. The van der Waals surface area contributed by atoms with E-state index in [1.807, 2.05) is 18.9 Å². The van der Waals surface area contributed by atoms with Crippen molar-refractivity contribution in [3.8, 4) is 12.3 Å². The summed E-state index contributed by atoms with van der Waals surface area (Å²) < 4.78 is 13.0. The highest BCUT2D eigenvalue weighted by Gasteiger charge is 2.11. The van der Waals surface area contributed by atoms with Gasteiger partial charge in [-0.25, -0.2) is 4.39 Å². The molecule has 0 radical (unpaired) electrons. The van der Waals surface area contributed by atoms with Crippen molar-refractivity contribution in [2.75, 3.05) is 18.5 Å². The Morgan fingerprint density at radius 3 is 2.80 bits per heavy atom. The number of nitrogens with zero attached hydrogens (tertiary/aromatic N) is 1. The molecule has 1 rings (SSSR count). The zero-order valence-corrected chi connectivity index (χ0v) is 9.00. The van der Waals surface area contributed by atoms with Gasteiger partial charge in [0.15, 0.2) is 0 Å². The van der Waals surface area contributed by atoms with Gasteiger partial charge in [-0.1, -0.05) is 5.92 Å². The lowest BCUT2D eigenvalue weighted by Gasteiger charge is -2.21. The zero-order chi connectivity index (χ0) is 11.4. The van der Waals surface area contributed by atoms with Crippen LogP contribution < -0.4 is 10.6 Å². The Morgan fingerprint density at radius 2 is 2.27 bits per heavy atom. The summed E-state index contributed by atoms with van der Waals surface area (Å²) in [6, 6.07) is 4.35. The number of hydrogen-bond donors (Lipinski definition) is 1. The average molecular weight is 206 g/mol. The normalized spacial score (nSPS) is 11.9. The number of anilines is 1. The van der Waals surface area contributed by atoms with Gasteiger partial charge in [-0.15, -0.1) is 6.42 Å². The van der Waals surface area contributed by atoms with Crippen molar-refractivity contribution in [1.82, 2.24) is 0 Å². The van der Waals surface area contributed by atoms with E-state index in [-0.39, 0.29) is 11.9 Å². The molecule has 15 heavy (non-hydrogen) atoms. The van der Waals surface area contributed by atoms with Crippen molar-refractivity contribution in [1.29, 1.82) is 0 Å². The molecule has 0 aliphatic heterocycles. The second kappa shape index (κ2) is 4.81. The molecule has 0 unspecified atom stereocenters. The maximum atomic E-state index is 13.0. The van der Waals surface area contributed by atoms with Gasteiger partial charge in [-0.3, -0.25) is 0 Å². The van der Waals surface area contributed by atoms with Crippen molar-refractivity contribution >= 4 is 5.69 Å². The first-order chi connectivity index (χ1) is 7.06. The van der Waals surface area contributed by atoms with Crippen molar-refractivity contribution in [3.63, 3.8) is 0 Å². The van der Waals surface area contributed by atoms with E-state index in [0.29, 0.717) is 6.54 Å². The Hall–Kier alpha value is -1.53. The highest BCUT2D eigenvalue weighted by atomic mass is 19.1. The summed E-state index contributed by atoms with van der Waals surface area (Å²) in [5.41, 5.74) is 7.42. The topological polar surface area (TPSA) is 29.3 Å². The number of benzene rings is 1. The molecule has 0 bridgehead atoms. The van der Waals surface area contributed by atoms with Gasteiger partial charge in [0, 0.05) is 18.8 Å². The molecule has 0 aliphatic carbocycles. The van der Waals surface area contributed by atoms with Crippen LogP contribution in [-0.4, -0.2) is 13.6 Å². The fraction of sp³-hybridized carbons (Fsp3) is 0.333. The SMILES string of the molecule is C#CCN(C)c1ccc(F)cc1[C@H](C)N. The fourth-order valence-electron chi connectivity index (χ4n) is 1.46. The first-order valence-corrected chi connectivity index (χ1v) is 4.76. The number of rotatable bonds is 3. The summed E-state index contributed by atoms with van der Waals surface area (Å²) in [5.74, 6) is 2.26. The largest absolute Gasteiger partial charge is 0.363 e. The Balaban J connectivity index is 3.12. The van der Waals surface area contributed by atoms with E-state index in [9.17, 15) is 4.39 Å². The molecule has 80 valence electrons. The first-order valence-electron chi connectivity index (χ1n) is 4.76. The summed E-state index contributed by atoms with van der Waals surface area (Å²) in [7, 11) is 1.86. The Labute approximate surface area is 89.9 Å². The molecule has 0 saturated carbocycles. The second-order valence-electron chi connectivity index (χ2n) is 3.55. The molecule has 3 heteroatoms. The zero-order valence-electron chi connectivity index (χ0n) is 9.00. The highest BCUT2D eigenvalue weighted by Crippen LogP contribution is 2.25. The van der Waals surface area contributed by atoms with Crippen LogP contribution in [-0.2, 0) is 0 Å². The Bertz CT molecular complexity index is 380. The summed E-state index contributed by atoms with van der Waals surface area (Å²) in [6.07, 6.45) is 5.23. The minimum absolute atomic E-state index is 0.212. The standard InChI is InChI=1S/C12H15FN2/c1-4-7-15(3)12-6-5-10(13)8-11(12)9(2)14/h1,5-6,8-9H,7,14H2,2-3H3/t9-/m0/s1. The molecular formula is C12H15FN2. The summed E-state index contributed by atoms with van der Waals surface area (Å²) in [4.78, 5) is 1.87. The molecule has 2 N–H and O–H groups in total. The Kier molecular flexibility index (Phi) is 3.70. The third-order valence-corrected chi connectivity index (χ3v) is 2.22. The minimum Gasteiger partial charge on any atom is -0.363 e. The quantitative estimate of drug-likeness (QED) is 0.765. The van der Waals surface area contributed by atoms with Crippen LogP contribution >= 0.6 is 0 Å². The molecule has 2 nitrogen and oxygen atoms in total. The van der Waals surface area contributed by atoms with Gasteiger partial charge < -0.3 is 10.6 Å². The predicted molar refractivity (Wildman–Crippen MR) is 61.1 cm³/mol. The van der Waals surface area contributed by atoms with E-state index >= 15 is 0 Å². The van der Waals surface area contributed by atoms with Crippen molar-refractivity contribution < 1.29 is 4.39 Å². The van der Waals surface area contributed by atoms with E-state index in [1.165, 1.54) is 12.1 Å². The van der Waals surface area contributed by atoms with Crippen molar-refractivity contribution in [2.24, 2.45) is 5.73 Å². The second-order valence-corrected chi connectivity index (χ2v) is 3.55. The molecular weight excluding hydrogens is 191 g/mol.